The first-order valence-corrected chi connectivity index (χ1v) is 5.38. The quantitative estimate of drug-likeness (QED) is 0.763. The predicted octanol–water partition coefficient (Wildman–Crippen LogP) is 0.723. The summed E-state index contributed by atoms with van der Waals surface area (Å²) in [4.78, 5) is 15.7. The maximum atomic E-state index is 11.4. The van der Waals surface area contributed by atoms with E-state index >= 15 is 0 Å². The molecule has 0 bridgehead atoms. The average Bonchev–Trinajstić information content (AvgIpc) is 2.72. The third kappa shape index (κ3) is 1.49. The van der Waals surface area contributed by atoms with Crippen molar-refractivity contribution in [2.45, 2.75) is 18.9 Å². The van der Waals surface area contributed by atoms with Gasteiger partial charge in [-0.15, -0.1) is 0 Å². The second-order valence-corrected chi connectivity index (χ2v) is 3.99. The Balaban J connectivity index is 2.02. The Morgan fingerprint density at radius 2 is 2.44 bits per heavy atom. The predicted molar refractivity (Wildman–Crippen MR) is 58.0 cm³/mol. The first-order valence-electron chi connectivity index (χ1n) is 5.38. The van der Waals surface area contributed by atoms with Crippen molar-refractivity contribution in [1.82, 2.24) is 19.9 Å². The molecule has 1 fully saturated rings. The summed E-state index contributed by atoms with van der Waals surface area (Å²) in [5.41, 5.74) is 1.84. The number of fused-ring (bicyclic) bond motifs is 1. The van der Waals surface area contributed by atoms with Crippen LogP contribution in [0.4, 0.5) is 0 Å². The SMILES string of the molecule is O=C1CCNC(c2cnn3cccnc23)C1. The topological polar surface area (TPSA) is 59.3 Å². The Bertz CT molecular complexity index is 534. The van der Waals surface area contributed by atoms with Gasteiger partial charge in [-0.2, -0.15) is 5.10 Å². The van der Waals surface area contributed by atoms with Gasteiger partial charge in [-0.1, -0.05) is 0 Å². The van der Waals surface area contributed by atoms with Crippen LogP contribution in [0.5, 0.6) is 0 Å². The van der Waals surface area contributed by atoms with E-state index in [1.165, 1.54) is 0 Å². The summed E-state index contributed by atoms with van der Waals surface area (Å²) < 4.78 is 1.73. The molecule has 0 spiro atoms. The summed E-state index contributed by atoms with van der Waals surface area (Å²) in [6, 6.07) is 1.90. The number of hydrogen-bond donors (Lipinski definition) is 1. The number of hydrogen-bond acceptors (Lipinski definition) is 4. The zero-order chi connectivity index (χ0) is 11.0. The van der Waals surface area contributed by atoms with Gasteiger partial charge in [-0.05, 0) is 6.07 Å². The molecule has 16 heavy (non-hydrogen) atoms. The van der Waals surface area contributed by atoms with E-state index in [0.29, 0.717) is 18.6 Å². The molecule has 0 aromatic carbocycles. The second-order valence-electron chi connectivity index (χ2n) is 3.99. The van der Waals surface area contributed by atoms with E-state index in [0.717, 1.165) is 17.8 Å². The lowest BCUT2D eigenvalue weighted by atomic mass is 9.99. The molecule has 1 aliphatic heterocycles. The Hall–Kier alpha value is -1.75. The summed E-state index contributed by atoms with van der Waals surface area (Å²) in [5.74, 6) is 0.305. The molecule has 1 N–H and O–H groups in total. The summed E-state index contributed by atoms with van der Waals surface area (Å²) in [5, 5.41) is 7.55. The van der Waals surface area contributed by atoms with Gasteiger partial charge in [0.2, 0.25) is 0 Å². The van der Waals surface area contributed by atoms with Crippen LogP contribution in [-0.4, -0.2) is 26.9 Å². The van der Waals surface area contributed by atoms with Gasteiger partial charge < -0.3 is 5.32 Å². The van der Waals surface area contributed by atoms with Crippen molar-refractivity contribution in [2.75, 3.05) is 6.54 Å². The summed E-state index contributed by atoms with van der Waals surface area (Å²) in [7, 11) is 0. The number of nitrogens with zero attached hydrogens (tertiary/aromatic N) is 3. The molecule has 0 aliphatic carbocycles. The van der Waals surface area contributed by atoms with Crippen LogP contribution < -0.4 is 5.32 Å². The minimum absolute atomic E-state index is 0.0636. The maximum Gasteiger partial charge on any atom is 0.159 e. The monoisotopic (exact) mass is 216 g/mol. The fourth-order valence-electron chi connectivity index (χ4n) is 2.10. The van der Waals surface area contributed by atoms with Crippen LogP contribution in [0.15, 0.2) is 24.7 Å². The highest BCUT2D eigenvalue weighted by atomic mass is 16.1. The average molecular weight is 216 g/mol. The van der Waals surface area contributed by atoms with Crippen LogP contribution >= 0.6 is 0 Å². The number of nitrogens with one attached hydrogen (secondary N) is 1. The van der Waals surface area contributed by atoms with E-state index in [4.69, 9.17) is 0 Å². The number of carbonyl (C=O) groups is 1. The normalized spacial score (nSPS) is 21.5. The van der Waals surface area contributed by atoms with E-state index in [2.05, 4.69) is 15.4 Å². The first-order chi connectivity index (χ1) is 7.84. The van der Waals surface area contributed by atoms with Crippen molar-refractivity contribution in [1.29, 1.82) is 0 Å². The number of rotatable bonds is 1. The van der Waals surface area contributed by atoms with Crippen molar-refractivity contribution in [3.63, 3.8) is 0 Å². The molecule has 5 heteroatoms. The van der Waals surface area contributed by atoms with Crippen LogP contribution in [0.2, 0.25) is 0 Å². The second kappa shape index (κ2) is 3.68. The van der Waals surface area contributed by atoms with Gasteiger partial charge in [0.05, 0.1) is 6.20 Å². The molecule has 1 aliphatic rings. The molecule has 82 valence electrons. The number of ketones is 1. The van der Waals surface area contributed by atoms with Crippen LogP contribution in [-0.2, 0) is 4.79 Å². The molecule has 3 heterocycles. The smallest absolute Gasteiger partial charge is 0.159 e. The third-order valence-electron chi connectivity index (χ3n) is 2.91. The van der Waals surface area contributed by atoms with Crippen LogP contribution in [0.3, 0.4) is 0 Å². The highest BCUT2D eigenvalue weighted by Gasteiger charge is 2.23. The fourth-order valence-corrected chi connectivity index (χ4v) is 2.10. The highest BCUT2D eigenvalue weighted by Crippen LogP contribution is 2.23. The lowest BCUT2D eigenvalue weighted by Gasteiger charge is -2.21. The zero-order valence-corrected chi connectivity index (χ0v) is 8.76. The molecule has 0 amide bonds. The van der Waals surface area contributed by atoms with Crippen molar-refractivity contribution in [3.05, 3.63) is 30.2 Å². The maximum absolute atomic E-state index is 11.4. The van der Waals surface area contributed by atoms with Gasteiger partial charge in [-0.25, -0.2) is 9.50 Å². The van der Waals surface area contributed by atoms with Crippen molar-refractivity contribution >= 4 is 11.4 Å². The van der Waals surface area contributed by atoms with Crippen LogP contribution in [0, 0.1) is 0 Å². The highest BCUT2D eigenvalue weighted by molar-refractivity contribution is 5.80. The van der Waals surface area contributed by atoms with Gasteiger partial charge in [0.25, 0.3) is 0 Å². The van der Waals surface area contributed by atoms with E-state index in [1.54, 1.807) is 16.9 Å². The zero-order valence-electron chi connectivity index (χ0n) is 8.76. The molecule has 0 radical (unpaired) electrons. The Morgan fingerprint density at radius 1 is 1.50 bits per heavy atom. The molecular formula is C11H12N4O. The molecule has 1 atom stereocenters. The molecule has 3 rings (SSSR count). The Labute approximate surface area is 92.5 Å². The van der Waals surface area contributed by atoms with E-state index in [1.807, 2.05) is 12.3 Å². The van der Waals surface area contributed by atoms with Crippen molar-refractivity contribution in [2.24, 2.45) is 0 Å². The van der Waals surface area contributed by atoms with Gasteiger partial charge in [0.1, 0.15) is 5.78 Å². The van der Waals surface area contributed by atoms with Crippen LogP contribution in [0.1, 0.15) is 24.4 Å². The minimum Gasteiger partial charge on any atom is -0.309 e. The lowest BCUT2D eigenvalue weighted by Crippen LogP contribution is -2.31. The standard InChI is InChI=1S/C11H12N4O/c16-8-2-4-12-10(6-8)9-7-14-15-5-1-3-13-11(9)15/h1,3,5,7,10,12H,2,4,6H2. The third-order valence-corrected chi connectivity index (χ3v) is 2.91. The molecule has 5 nitrogen and oxygen atoms in total. The number of piperidine rings is 1. The van der Waals surface area contributed by atoms with Crippen molar-refractivity contribution < 1.29 is 4.79 Å². The lowest BCUT2D eigenvalue weighted by molar-refractivity contribution is -0.120. The van der Waals surface area contributed by atoms with Gasteiger partial charge in [0.15, 0.2) is 5.65 Å². The van der Waals surface area contributed by atoms with E-state index in [9.17, 15) is 4.79 Å². The molecule has 2 aromatic rings. The van der Waals surface area contributed by atoms with Crippen LogP contribution in [0.25, 0.3) is 5.65 Å². The summed E-state index contributed by atoms with van der Waals surface area (Å²) >= 11 is 0. The molecule has 2 aromatic heterocycles. The summed E-state index contributed by atoms with van der Waals surface area (Å²) in [6.07, 6.45) is 6.56. The molecule has 0 saturated carbocycles. The van der Waals surface area contributed by atoms with Crippen molar-refractivity contribution in [3.8, 4) is 0 Å². The van der Waals surface area contributed by atoms with Gasteiger partial charge >= 0.3 is 0 Å². The van der Waals surface area contributed by atoms with Gasteiger partial charge in [-0.3, -0.25) is 4.79 Å². The molecule has 1 unspecified atom stereocenters. The van der Waals surface area contributed by atoms with E-state index in [-0.39, 0.29) is 6.04 Å². The fraction of sp³-hybridized carbons (Fsp3) is 0.364. The van der Waals surface area contributed by atoms with Gasteiger partial charge in [0, 0.05) is 43.4 Å². The molecular weight excluding hydrogens is 204 g/mol. The Morgan fingerprint density at radius 3 is 3.31 bits per heavy atom. The molecule has 1 saturated heterocycles. The number of Topliss-reactive ketones (excluding diaryl/α,β-unsaturated/α-hetero) is 1. The largest absolute Gasteiger partial charge is 0.309 e. The minimum atomic E-state index is 0.0636. The number of aromatic nitrogens is 3. The first kappa shape index (κ1) is 9.47. The summed E-state index contributed by atoms with van der Waals surface area (Å²) in [6.45, 7) is 0.744. The Kier molecular flexibility index (Phi) is 2.18. The van der Waals surface area contributed by atoms with E-state index < -0.39 is 0 Å². The number of carbonyl (C=O) groups excluding carboxylic acids is 1.